The van der Waals surface area contributed by atoms with Gasteiger partial charge in [0.2, 0.25) is 0 Å². The molecule has 0 radical (unpaired) electrons. The lowest BCUT2D eigenvalue weighted by Crippen LogP contribution is -2.15. The molecule has 29 heavy (non-hydrogen) atoms. The van der Waals surface area contributed by atoms with Gasteiger partial charge in [-0.1, -0.05) is 18.2 Å². The Labute approximate surface area is 169 Å². The van der Waals surface area contributed by atoms with Crippen molar-refractivity contribution in [2.24, 2.45) is 0 Å². The summed E-state index contributed by atoms with van der Waals surface area (Å²) < 4.78 is 56.5. The third-order valence-corrected chi connectivity index (χ3v) is 6.01. The second-order valence-electron chi connectivity index (χ2n) is 7.09. The quantitative estimate of drug-likeness (QED) is 0.628. The van der Waals surface area contributed by atoms with Gasteiger partial charge in [0, 0.05) is 31.0 Å². The minimum absolute atomic E-state index is 0.101. The minimum atomic E-state index is -4.15. The molecule has 3 aromatic carbocycles. The fourth-order valence-electron chi connectivity index (χ4n) is 3.51. The topological polar surface area (TPSA) is 49.4 Å². The summed E-state index contributed by atoms with van der Waals surface area (Å²) in [5, 5.41) is 0. The van der Waals surface area contributed by atoms with E-state index in [1.54, 1.807) is 42.5 Å². The monoisotopic (exact) mass is 416 g/mol. The molecule has 3 rings (SSSR count). The zero-order valence-corrected chi connectivity index (χ0v) is 17.4. The van der Waals surface area contributed by atoms with Crippen LogP contribution in [0.2, 0.25) is 0 Å². The summed E-state index contributed by atoms with van der Waals surface area (Å²) in [6, 6.07) is 13.5. The zero-order valence-electron chi connectivity index (χ0n) is 16.6. The van der Waals surface area contributed by atoms with Crippen molar-refractivity contribution in [1.29, 1.82) is 0 Å². The highest BCUT2D eigenvalue weighted by atomic mass is 32.2. The first-order valence-electron chi connectivity index (χ1n) is 8.96. The largest absolute Gasteiger partial charge is 0.377 e. The summed E-state index contributed by atoms with van der Waals surface area (Å²) in [7, 11) is -0.333. The maximum absolute atomic E-state index is 14.1. The maximum Gasteiger partial charge on any atom is 0.262 e. The van der Waals surface area contributed by atoms with Gasteiger partial charge in [0.25, 0.3) is 10.0 Å². The predicted molar refractivity (Wildman–Crippen MR) is 113 cm³/mol. The van der Waals surface area contributed by atoms with Crippen LogP contribution >= 0.6 is 0 Å². The Morgan fingerprint density at radius 1 is 0.862 bits per heavy atom. The van der Waals surface area contributed by atoms with E-state index in [1.807, 2.05) is 32.8 Å². The van der Waals surface area contributed by atoms with Crippen molar-refractivity contribution in [1.82, 2.24) is 0 Å². The molecule has 152 valence electrons. The van der Waals surface area contributed by atoms with Gasteiger partial charge in [-0.05, 0) is 66.9 Å². The van der Waals surface area contributed by atoms with Gasteiger partial charge in [-0.3, -0.25) is 4.72 Å². The molecule has 0 aliphatic heterocycles. The van der Waals surface area contributed by atoms with E-state index in [9.17, 15) is 17.2 Å². The summed E-state index contributed by atoms with van der Waals surface area (Å²) in [6.45, 7) is 3.78. The number of aryl methyl sites for hydroxylation is 2. The van der Waals surface area contributed by atoms with Crippen LogP contribution in [0.4, 0.5) is 20.2 Å². The first-order chi connectivity index (χ1) is 13.6. The second kappa shape index (κ2) is 7.83. The van der Waals surface area contributed by atoms with Crippen LogP contribution in [-0.2, 0) is 10.0 Å². The van der Waals surface area contributed by atoms with Crippen LogP contribution in [0.15, 0.2) is 59.5 Å². The second-order valence-corrected chi connectivity index (χ2v) is 8.74. The first kappa shape index (κ1) is 20.8. The van der Waals surface area contributed by atoms with Crippen LogP contribution in [0.3, 0.4) is 0 Å². The zero-order chi connectivity index (χ0) is 21.3. The molecule has 0 saturated heterocycles. The Balaban J connectivity index is 2.20. The molecule has 0 fully saturated rings. The minimum Gasteiger partial charge on any atom is -0.377 e. The van der Waals surface area contributed by atoms with Crippen molar-refractivity contribution in [3.63, 3.8) is 0 Å². The molecule has 3 aromatic rings. The smallest absolute Gasteiger partial charge is 0.262 e. The van der Waals surface area contributed by atoms with E-state index >= 15 is 0 Å². The third-order valence-electron chi connectivity index (χ3n) is 4.59. The molecule has 7 heteroatoms. The Morgan fingerprint density at radius 2 is 1.41 bits per heavy atom. The van der Waals surface area contributed by atoms with Gasteiger partial charge in [-0.2, -0.15) is 0 Å². The number of nitrogens with zero attached hydrogens (tertiary/aromatic N) is 1. The number of hydrogen-bond donors (Lipinski definition) is 1. The lowest BCUT2D eigenvalue weighted by Gasteiger charge is -2.21. The lowest BCUT2D eigenvalue weighted by atomic mass is 9.98. The van der Waals surface area contributed by atoms with Crippen LogP contribution in [0.5, 0.6) is 0 Å². The van der Waals surface area contributed by atoms with Gasteiger partial charge >= 0.3 is 0 Å². The highest BCUT2D eigenvalue weighted by Crippen LogP contribution is 2.35. The van der Waals surface area contributed by atoms with E-state index in [0.717, 1.165) is 28.9 Å². The molecular formula is C22H22F2N2O2S. The molecular weight excluding hydrogens is 394 g/mol. The van der Waals surface area contributed by atoms with Gasteiger partial charge < -0.3 is 4.90 Å². The number of para-hydroxylation sites is 1. The van der Waals surface area contributed by atoms with Gasteiger partial charge in [0.1, 0.15) is 0 Å². The Morgan fingerprint density at radius 3 is 1.97 bits per heavy atom. The normalized spacial score (nSPS) is 11.4. The number of rotatable bonds is 5. The maximum atomic E-state index is 14.1. The van der Waals surface area contributed by atoms with E-state index in [-0.39, 0.29) is 10.5 Å². The number of benzene rings is 3. The van der Waals surface area contributed by atoms with Gasteiger partial charge in [-0.25, -0.2) is 17.2 Å². The number of anilines is 2. The Bertz CT molecular complexity index is 1140. The van der Waals surface area contributed by atoms with Gasteiger partial charge in [0.05, 0.1) is 4.90 Å². The predicted octanol–water partition coefficient (Wildman–Crippen LogP) is 5.12. The standard InChI is InChI=1S/C22H22F2N2O2S/c1-14-10-16(11-15(2)22(14)26(3)4)18-12-19(23)20(24)13-21(18)29(27,28)25-17-8-6-5-7-9-17/h5-13,25H,1-4H3. The van der Waals surface area contributed by atoms with Crippen molar-refractivity contribution in [2.45, 2.75) is 18.7 Å². The van der Waals surface area contributed by atoms with E-state index in [2.05, 4.69) is 4.72 Å². The number of sulfonamides is 1. The SMILES string of the molecule is Cc1cc(-c2cc(F)c(F)cc2S(=O)(=O)Nc2ccccc2)cc(C)c1N(C)C. The fourth-order valence-corrected chi connectivity index (χ4v) is 4.79. The average Bonchev–Trinajstić information content (AvgIpc) is 2.63. The van der Waals surface area contributed by atoms with Crippen LogP contribution in [-0.4, -0.2) is 22.5 Å². The fraction of sp³-hybridized carbons (Fsp3) is 0.182. The van der Waals surface area contributed by atoms with E-state index in [4.69, 9.17) is 0 Å². The third kappa shape index (κ3) is 4.24. The van der Waals surface area contributed by atoms with Crippen LogP contribution in [0.25, 0.3) is 11.1 Å². The van der Waals surface area contributed by atoms with Gasteiger partial charge in [-0.15, -0.1) is 0 Å². The Hall–Kier alpha value is -2.93. The summed E-state index contributed by atoms with van der Waals surface area (Å²) >= 11 is 0. The highest BCUT2D eigenvalue weighted by Gasteiger charge is 2.23. The molecule has 1 N–H and O–H groups in total. The summed E-state index contributed by atoms with van der Waals surface area (Å²) in [5.41, 5.74) is 3.71. The molecule has 0 saturated carbocycles. The Kier molecular flexibility index (Phi) is 5.61. The molecule has 0 aromatic heterocycles. The average molecular weight is 416 g/mol. The van der Waals surface area contributed by atoms with Gasteiger partial charge in [0.15, 0.2) is 11.6 Å². The summed E-state index contributed by atoms with van der Waals surface area (Å²) in [6.07, 6.45) is 0. The van der Waals surface area contributed by atoms with E-state index < -0.39 is 21.7 Å². The lowest BCUT2D eigenvalue weighted by molar-refractivity contribution is 0.505. The molecule has 0 aliphatic rings. The molecule has 0 spiro atoms. The number of nitrogens with one attached hydrogen (secondary N) is 1. The molecule has 0 aliphatic carbocycles. The van der Waals surface area contributed by atoms with E-state index in [0.29, 0.717) is 11.3 Å². The number of hydrogen-bond acceptors (Lipinski definition) is 3. The molecule has 0 heterocycles. The molecule has 0 amide bonds. The molecule has 0 atom stereocenters. The van der Waals surface area contributed by atoms with Crippen molar-refractivity contribution in [3.8, 4) is 11.1 Å². The van der Waals surface area contributed by atoms with Crippen molar-refractivity contribution in [3.05, 3.63) is 77.4 Å². The summed E-state index contributed by atoms with van der Waals surface area (Å²) in [4.78, 5) is 1.63. The highest BCUT2D eigenvalue weighted by molar-refractivity contribution is 7.92. The van der Waals surface area contributed by atoms with E-state index in [1.165, 1.54) is 0 Å². The molecule has 0 unspecified atom stereocenters. The van der Waals surface area contributed by atoms with Crippen molar-refractivity contribution >= 4 is 21.4 Å². The van der Waals surface area contributed by atoms with Crippen LogP contribution in [0.1, 0.15) is 11.1 Å². The molecule has 0 bridgehead atoms. The van der Waals surface area contributed by atoms with Crippen LogP contribution in [0, 0.1) is 25.5 Å². The first-order valence-corrected chi connectivity index (χ1v) is 10.4. The molecule has 4 nitrogen and oxygen atoms in total. The van der Waals surface area contributed by atoms with Crippen LogP contribution < -0.4 is 9.62 Å². The van der Waals surface area contributed by atoms with Crippen molar-refractivity contribution in [2.75, 3.05) is 23.7 Å². The number of halogens is 2. The summed E-state index contributed by atoms with van der Waals surface area (Å²) in [5.74, 6) is -2.33. The van der Waals surface area contributed by atoms with Crippen molar-refractivity contribution < 1.29 is 17.2 Å².